The van der Waals surface area contributed by atoms with Crippen molar-refractivity contribution < 1.29 is 40.2 Å². The number of hydrogen-bond acceptors (Lipinski definition) is 6. The van der Waals surface area contributed by atoms with Crippen molar-refractivity contribution in [3.63, 3.8) is 0 Å². The summed E-state index contributed by atoms with van der Waals surface area (Å²) in [7, 11) is 0. The van der Waals surface area contributed by atoms with E-state index in [1.807, 2.05) is 122 Å². The average molecular weight is 2060 g/mol. The topological polar surface area (TPSA) is 77.3 Å². The Labute approximate surface area is 808 Å². The molecular weight excluding hydrogens is 1980 g/mol. The molecule has 0 aliphatic rings. The Bertz CT molecular complexity index is 7100. The third-order valence-corrected chi connectivity index (χ3v) is 24.6. The number of nitrogens with zero attached hydrogens (tertiary/aromatic N) is 6. The molecule has 0 atom stereocenters. The van der Waals surface area contributed by atoms with Gasteiger partial charge in [-0.25, -0.2) is 12.1 Å². The van der Waals surface area contributed by atoms with Gasteiger partial charge in [0.15, 0.2) is 0 Å². The zero-order valence-electron chi connectivity index (χ0n) is 72.4. The van der Waals surface area contributed by atoms with Gasteiger partial charge in [-0.2, -0.15) is 12.1 Å². The number of hydrogen-bond donors (Lipinski definition) is 0. The van der Waals surface area contributed by atoms with Gasteiger partial charge >= 0.3 is 40.2 Å². The monoisotopic (exact) mass is 2060 g/mol. The first kappa shape index (κ1) is 85.8. The zero-order valence-corrected chi connectivity index (χ0v) is 77.2. The minimum atomic E-state index is 0. The van der Waals surface area contributed by atoms with E-state index >= 15 is 0 Å². The third kappa shape index (κ3) is 17.7. The van der Waals surface area contributed by atoms with Crippen molar-refractivity contribution in [2.45, 2.75) is 0 Å². The summed E-state index contributed by atoms with van der Waals surface area (Å²) in [6.45, 7) is 0. The Morgan fingerprint density at radius 3 is 0.530 bits per heavy atom. The van der Waals surface area contributed by atoms with Crippen LogP contribution in [0.2, 0.25) is 0 Å². The Morgan fingerprint density at radius 2 is 0.328 bits per heavy atom. The van der Waals surface area contributed by atoms with Crippen LogP contribution in [0.3, 0.4) is 0 Å². The van der Waals surface area contributed by atoms with Gasteiger partial charge in [-0.05, 0) is 185 Å². The molecule has 0 radical (unpaired) electrons. The maximum atomic E-state index is 5.21. The second kappa shape index (κ2) is 39.2. The smallest absolute Gasteiger partial charge is 0.357 e. The predicted molar refractivity (Wildman–Crippen MR) is 540 cm³/mol. The summed E-state index contributed by atoms with van der Waals surface area (Å²) < 4.78 is 0. The Hall–Kier alpha value is -16.3. The van der Waals surface area contributed by atoms with Gasteiger partial charge in [-0.1, -0.05) is 404 Å². The number of aromatic nitrogens is 6. The molecule has 0 fully saturated rings. The quantitative estimate of drug-likeness (QED) is 0.0667. The second-order valence-electron chi connectivity index (χ2n) is 32.6. The van der Waals surface area contributed by atoms with Crippen LogP contribution in [0.4, 0.5) is 0 Å². The summed E-state index contributed by atoms with van der Waals surface area (Å²) >= 11 is 0. The van der Waals surface area contributed by atoms with Crippen LogP contribution < -0.4 is 0 Å². The van der Waals surface area contributed by atoms with Gasteiger partial charge in [0.2, 0.25) is 0 Å². The molecule has 630 valence electrons. The van der Waals surface area contributed by atoms with Crippen LogP contribution in [0.15, 0.2) is 474 Å². The van der Waals surface area contributed by atoms with E-state index in [1.165, 1.54) is 0 Å². The Kier molecular flexibility index (Phi) is 25.1. The van der Waals surface area contributed by atoms with Crippen molar-refractivity contribution in [3.05, 3.63) is 510 Å². The van der Waals surface area contributed by atoms with Gasteiger partial charge in [0, 0.05) is 24.8 Å². The van der Waals surface area contributed by atoms with Gasteiger partial charge in [0.25, 0.3) is 0 Å². The molecule has 0 saturated carbocycles. The minimum absolute atomic E-state index is 0. The van der Waals surface area contributed by atoms with Gasteiger partial charge < -0.3 is 29.9 Å². The molecule has 8 heteroatoms. The van der Waals surface area contributed by atoms with E-state index in [9.17, 15) is 0 Å². The fourth-order valence-corrected chi connectivity index (χ4v) is 18.3. The van der Waals surface area contributed by atoms with Crippen LogP contribution >= 0.6 is 0 Å². The van der Waals surface area contributed by atoms with Crippen molar-refractivity contribution in [1.82, 2.24) is 29.9 Å². The summed E-state index contributed by atoms with van der Waals surface area (Å²) in [5, 5.41) is 0. The zero-order chi connectivity index (χ0) is 87.9. The van der Waals surface area contributed by atoms with Crippen LogP contribution in [-0.2, 0) is 40.2 Å². The molecule has 134 heavy (non-hydrogen) atoms. The first-order chi connectivity index (χ1) is 65.5. The first-order valence-electron chi connectivity index (χ1n) is 44.2. The Morgan fingerprint density at radius 1 is 0.134 bits per heavy atom. The fraction of sp³-hybridized carbons (Fsp3) is 0. The number of rotatable bonds is 21. The van der Waals surface area contributed by atoms with E-state index < -0.39 is 0 Å². The summed E-state index contributed by atoms with van der Waals surface area (Å²) in [4.78, 5) is 29.5. The van der Waals surface area contributed by atoms with Crippen molar-refractivity contribution >= 4 is 0 Å². The van der Waals surface area contributed by atoms with E-state index in [0.717, 1.165) is 223 Å². The van der Waals surface area contributed by atoms with Gasteiger partial charge in [-0.15, -0.1) is 106 Å². The molecule has 6 heterocycles. The largest absolute Gasteiger partial charge is 3.00 e. The summed E-state index contributed by atoms with van der Waals surface area (Å²) in [5.41, 5.74) is 41.7. The van der Waals surface area contributed by atoms with E-state index in [0.29, 0.717) is 11.4 Å². The summed E-state index contributed by atoms with van der Waals surface area (Å²) in [6.07, 6.45) is 11.2. The van der Waals surface area contributed by atoms with Crippen LogP contribution in [0, 0.1) is 36.4 Å². The summed E-state index contributed by atoms with van der Waals surface area (Å²) in [5.74, 6) is 0. The molecule has 0 saturated heterocycles. The summed E-state index contributed by atoms with van der Waals surface area (Å²) in [6, 6.07) is 177. The van der Waals surface area contributed by atoms with Gasteiger partial charge in [0.05, 0.1) is 0 Å². The van der Waals surface area contributed by atoms with Crippen molar-refractivity contribution in [3.8, 4) is 234 Å². The SMILES string of the molecule is [Ir+3].[Ir+3].[c-]1cc(-c2ccccc2-c2cc(-c3ccccc3-c3c[c-]c(-c4[c-]cc(-c5ccccc5-c5cc(-c6ccccc6-c6c[c-]c(-c7ccccn7)cc6-c6ccccc6)cc(-c6ccccc6-c6c[c-]c(-c7ccccn7)cc6-c6ccccc6)c5)cn4)nc3)cc(-c3ccccc3-c3c[c-]c(-c4ccccn4)cc3-c3ccccc3)c2)c(-c2ccccc2)cc1-c1ccccn1. The molecule has 16 aromatic carbocycles. The molecular formula is C126H78Ir2N6. The van der Waals surface area contributed by atoms with Crippen molar-refractivity contribution in [1.29, 1.82) is 0 Å². The van der Waals surface area contributed by atoms with Gasteiger partial charge in [-0.3, -0.25) is 0 Å². The third-order valence-electron chi connectivity index (χ3n) is 24.6. The molecule has 6 aromatic heterocycles. The molecule has 0 aliphatic heterocycles. The van der Waals surface area contributed by atoms with Gasteiger partial charge in [0.1, 0.15) is 0 Å². The molecule has 22 rings (SSSR count). The van der Waals surface area contributed by atoms with Crippen molar-refractivity contribution in [2.24, 2.45) is 0 Å². The van der Waals surface area contributed by atoms with E-state index in [1.54, 1.807) is 0 Å². The molecule has 6 nitrogen and oxygen atoms in total. The maximum absolute atomic E-state index is 5.21. The van der Waals surface area contributed by atoms with Crippen LogP contribution in [-0.4, -0.2) is 29.9 Å². The van der Waals surface area contributed by atoms with Crippen LogP contribution in [0.5, 0.6) is 0 Å². The second-order valence-corrected chi connectivity index (χ2v) is 32.6. The molecule has 0 N–H and O–H groups in total. The average Bonchev–Trinajstić information content (AvgIpc) is 0.759. The maximum Gasteiger partial charge on any atom is 3.00 e. The standard InChI is InChI=1S/C126H78N6.2Ir/c1-5-33-85(34-6-1)117-79-89(121-53-25-29-69-127-121)57-63-113(117)109-49-21-17-45-105(109)97-73-95(74-98(77-97)106-46-18-22-50-110(106)114-64-58-90(122-54-26-30-70-128-122)80-118(114)86-35-7-2-8-36-86)103-43-15-13-41-101(103)93-61-67-125(131-83-93)126-68-62-94(84-132-126)102-42-14-16-44-104(102)96-75-99(107-47-19-23-51-111(107)115-65-59-91(123-55-27-31-71-129-123)81-119(115)87-37-9-3-10-38-87)78-100(76-96)108-48-20-24-52-112(108)116-66-60-92(124-56-28-32-72-130-124)82-120(116)88-39-11-4-12-40-88;;/h1-56,61-66,69-84H;;/q-6;2*+3. The molecule has 0 spiro atoms. The first-order valence-corrected chi connectivity index (χ1v) is 44.2. The van der Waals surface area contributed by atoms with Crippen molar-refractivity contribution in [2.75, 3.05) is 0 Å². The molecule has 0 aliphatic carbocycles. The van der Waals surface area contributed by atoms with E-state index in [4.69, 9.17) is 29.9 Å². The molecule has 0 unspecified atom stereocenters. The van der Waals surface area contributed by atoms with E-state index in [2.05, 4.69) is 388 Å². The Balaban J connectivity index is 0.00000557. The number of benzene rings is 16. The number of pyridine rings is 6. The molecule has 22 aromatic rings. The normalized spacial score (nSPS) is 11.0. The predicted octanol–water partition coefficient (Wildman–Crippen LogP) is 31.9. The minimum Gasteiger partial charge on any atom is -0.357 e. The van der Waals surface area contributed by atoms with Crippen LogP contribution in [0.25, 0.3) is 234 Å². The molecule has 0 amide bonds. The fourth-order valence-electron chi connectivity index (χ4n) is 18.3. The van der Waals surface area contributed by atoms with Crippen LogP contribution in [0.1, 0.15) is 0 Å². The molecule has 0 bridgehead atoms. The van der Waals surface area contributed by atoms with E-state index in [-0.39, 0.29) is 40.2 Å².